The molecule has 0 radical (unpaired) electrons. The molecule has 0 saturated heterocycles. The molecule has 0 spiro atoms. The molecular formula is C34H42FN5O3. The molecule has 3 aromatic rings. The van der Waals surface area contributed by atoms with Crippen molar-refractivity contribution in [3.63, 3.8) is 0 Å². The predicted octanol–water partition coefficient (Wildman–Crippen LogP) is 7.13. The van der Waals surface area contributed by atoms with E-state index in [0.29, 0.717) is 44.7 Å². The van der Waals surface area contributed by atoms with Crippen molar-refractivity contribution in [1.29, 1.82) is 0 Å². The maximum Gasteiger partial charge on any atom is 0.232 e. The van der Waals surface area contributed by atoms with E-state index in [9.17, 15) is 9.18 Å². The number of carbonyl (C=O) groups is 1. The first-order chi connectivity index (χ1) is 20.4. The molecule has 9 rings (SSSR count). The zero-order valence-corrected chi connectivity index (χ0v) is 25.8. The van der Waals surface area contributed by atoms with E-state index in [-0.39, 0.29) is 27.6 Å². The van der Waals surface area contributed by atoms with Gasteiger partial charge in [-0.2, -0.15) is 4.98 Å². The second kappa shape index (κ2) is 9.83. The first-order valence-corrected chi connectivity index (χ1v) is 15.8. The van der Waals surface area contributed by atoms with Gasteiger partial charge in [-0.15, -0.1) is 0 Å². The summed E-state index contributed by atoms with van der Waals surface area (Å²) in [4.78, 5) is 29.9. The Balaban J connectivity index is 1.13. The van der Waals surface area contributed by atoms with E-state index in [2.05, 4.69) is 35.9 Å². The molecule has 228 valence electrons. The van der Waals surface area contributed by atoms with Crippen LogP contribution in [0, 0.1) is 10.8 Å². The van der Waals surface area contributed by atoms with E-state index >= 15 is 0 Å². The van der Waals surface area contributed by atoms with Crippen molar-refractivity contribution in [2.45, 2.75) is 108 Å². The third kappa shape index (κ3) is 5.02. The average molecular weight is 588 g/mol. The topological polar surface area (TPSA) is 94.2 Å². The zero-order chi connectivity index (χ0) is 30.1. The molecule has 9 heteroatoms. The Morgan fingerprint density at radius 3 is 2.30 bits per heavy atom. The van der Waals surface area contributed by atoms with Gasteiger partial charge in [-0.25, -0.2) is 9.37 Å². The van der Waals surface area contributed by atoms with Gasteiger partial charge in [0.05, 0.1) is 18.5 Å². The summed E-state index contributed by atoms with van der Waals surface area (Å²) in [6.07, 6.45) is 13.3. The van der Waals surface area contributed by atoms with Crippen LogP contribution >= 0.6 is 0 Å². The number of fused-ring (bicyclic) bond motifs is 3. The summed E-state index contributed by atoms with van der Waals surface area (Å²) in [5.74, 6) is 2.20. The van der Waals surface area contributed by atoms with Crippen LogP contribution in [0.4, 0.5) is 10.1 Å². The van der Waals surface area contributed by atoms with Gasteiger partial charge in [0.15, 0.2) is 5.82 Å². The third-order valence-electron chi connectivity index (χ3n) is 10.7. The van der Waals surface area contributed by atoms with Crippen molar-refractivity contribution in [3.05, 3.63) is 48.5 Å². The summed E-state index contributed by atoms with van der Waals surface area (Å²) < 4.78 is 25.7. The number of rotatable bonds is 9. The van der Waals surface area contributed by atoms with Crippen LogP contribution in [0.1, 0.15) is 104 Å². The number of carbonyl (C=O) groups excluding carboxylic acids is 1. The fraction of sp³-hybridized carbons (Fsp3) is 0.618. The molecule has 0 aromatic carbocycles. The van der Waals surface area contributed by atoms with Gasteiger partial charge in [-0.3, -0.25) is 9.78 Å². The average Bonchev–Trinajstić information content (AvgIpc) is 3.49. The maximum absolute atomic E-state index is 14.4. The van der Waals surface area contributed by atoms with Gasteiger partial charge in [0.2, 0.25) is 17.7 Å². The lowest BCUT2D eigenvalue weighted by Gasteiger charge is -2.66. The molecule has 0 atom stereocenters. The second-order valence-electron chi connectivity index (χ2n) is 15.0. The Labute approximate surface area is 252 Å². The number of alkyl halides is 1. The molecule has 1 amide bonds. The van der Waals surface area contributed by atoms with Gasteiger partial charge in [0.1, 0.15) is 5.67 Å². The lowest BCUT2D eigenvalue weighted by Crippen LogP contribution is -2.65. The highest BCUT2D eigenvalue weighted by molar-refractivity contribution is 5.94. The van der Waals surface area contributed by atoms with Crippen LogP contribution in [-0.2, 0) is 15.6 Å². The fourth-order valence-corrected chi connectivity index (χ4v) is 8.21. The quantitative estimate of drug-likeness (QED) is 0.263. The number of hydrogen-bond donors (Lipinski definition) is 0. The van der Waals surface area contributed by atoms with Crippen LogP contribution in [0.5, 0.6) is 5.88 Å². The molecule has 6 aliphatic carbocycles. The summed E-state index contributed by atoms with van der Waals surface area (Å²) in [5.41, 5.74) is 1.20. The molecule has 4 bridgehead atoms. The Morgan fingerprint density at radius 1 is 1.00 bits per heavy atom. The lowest BCUT2D eigenvalue weighted by atomic mass is 9.41. The van der Waals surface area contributed by atoms with E-state index in [4.69, 9.17) is 14.2 Å². The van der Waals surface area contributed by atoms with E-state index < -0.39 is 5.67 Å². The molecule has 3 aromatic heterocycles. The normalized spacial score (nSPS) is 30.8. The van der Waals surface area contributed by atoms with Crippen LogP contribution in [-0.4, -0.2) is 44.8 Å². The monoisotopic (exact) mass is 587 g/mol. The van der Waals surface area contributed by atoms with Gasteiger partial charge in [0, 0.05) is 53.4 Å². The SMILES string of the molecule is CCOc1ccc(-c2cncc(N(CC34CCC(c5nc(C(C)(C)C)no5)(CC3)CC4)C(=O)CC34CC(F)(C3)C4)c2)cn1. The van der Waals surface area contributed by atoms with E-state index in [1.807, 2.05) is 36.2 Å². The number of pyridine rings is 2. The van der Waals surface area contributed by atoms with Crippen LogP contribution in [0.25, 0.3) is 11.1 Å². The molecule has 8 nitrogen and oxygen atoms in total. The Hall–Kier alpha value is -3.36. The Kier molecular flexibility index (Phi) is 6.49. The fourth-order valence-electron chi connectivity index (χ4n) is 8.21. The molecule has 6 saturated carbocycles. The highest BCUT2D eigenvalue weighted by atomic mass is 19.1. The minimum atomic E-state index is -1.02. The molecule has 6 fully saturated rings. The van der Waals surface area contributed by atoms with Crippen molar-refractivity contribution in [2.75, 3.05) is 18.1 Å². The largest absolute Gasteiger partial charge is 0.478 e. The molecule has 0 N–H and O–H groups in total. The van der Waals surface area contributed by atoms with Gasteiger partial charge in [-0.05, 0) is 87.7 Å². The molecule has 0 unspecified atom stereocenters. The van der Waals surface area contributed by atoms with Crippen molar-refractivity contribution >= 4 is 11.6 Å². The summed E-state index contributed by atoms with van der Waals surface area (Å²) in [5, 5.41) is 4.32. The number of ether oxygens (including phenoxy) is 1. The van der Waals surface area contributed by atoms with Crippen molar-refractivity contribution in [2.24, 2.45) is 10.8 Å². The molecule has 43 heavy (non-hydrogen) atoms. The zero-order valence-electron chi connectivity index (χ0n) is 25.8. The highest BCUT2D eigenvalue weighted by Gasteiger charge is 2.69. The molecular weight excluding hydrogens is 545 g/mol. The molecule has 3 heterocycles. The Morgan fingerprint density at radius 2 is 1.72 bits per heavy atom. The first kappa shape index (κ1) is 28.4. The van der Waals surface area contributed by atoms with Gasteiger partial charge >= 0.3 is 0 Å². The van der Waals surface area contributed by atoms with E-state index in [0.717, 1.165) is 67.1 Å². The first-order valence-electron chi connectivity index (χ1n) is 15.8. The van der Waals surface area contributed by atoms with Crippen LogP contribution in [0.15, 0.2) is 41.3 Å². The van der Waals surface area contributed by atoms with Crippen LogP contribution in [0.3, 0.4) is 0 Å². The van der Waals surface area contributed by atoms with Crippen molar-refractivity contribution in [3.8, 4) is 17.0 Å². The maximum atomic E-state index is 14.4. The molecule has 0 aliphatic heterocycles. The third-order valence-corrected chi connectivity index (χ3v) is 10.7. The molecule has 6 aliphatic rings. The van der Waals surface area contributed by atoms with Crippen molar-refractivity contribution < 1.29 is 18.4 Å². The summed E-state index contributed by atoms with van der Waals surface area (Å²) in [7, 11) is 0. The minimum absolute atomic E-state index is 0.0156. The predicted molar refractivity (Wildman–Crippen MR) is 161 cm³/mol. The van der Waals surface area contributed by atoms with Crippen LogP contribution < -0.4 is 9.64 Å². The smallest absolute Gasteiger partial charge is 0.232 e. The van der Waals surface area contributed by atoms with Crippen molar-refractivity contribution in [1.82, 2.24) is 20.1 Å². The van der Waals surface area contributed by atoms with Gasteiger partial charge in [-0.1, -0.05) is 25.9 Å². The standard InChI is InChI=1S/C34H42FN5O3/c1-5-42-26-7-6-23(17-37-26)24-14-25(18-36-16-24)40(27(41)15-32-19-34(35,20-32)21-32)22-31-8-11-33(12-9-31,13-10-31)29-38-28(39-43-29)30(2,3)4/h6-7,14,16-18H,5,8-13,15,19-22H2,1-4H3. The summed E-state index contributed by atoms with van der Waals surface area (Å²) >= 11 is 0. The highest BCUT2D eigenvalue weighted by Crippen LogP contribution is 2.71. The number of anilines is 1. The number of halogens is 1. The Bertz CT molecular complexity index is 1480. The second-order valence-corrected chi connectivity index (χ2v) is 15.0. The number of hydrogen-bond acceptors (Lipinski definition) is 7. The van der Waals surface area contributed by atoms with E-state index in [1.54, 1.807) is 12.4 Å². The van der Waals surface area contributed by atoms with Gasteiger partial charge < -0.3 is 14.2 Å². The van der Waals surface area contributed by atoms with Crippen LogP contribution in [0.2, 0.25) is 0 Å². The number of aromatic nitrogens is 4. The van der Waals surface area contributed by atoms with E-state index in [1.165, 1.54) is 0 Å². The summed E-state index contributed by atoms with van der Waals surface area (Å²) in [6.45, 7) is 9.45. The lowest BCUT2D eigenvalue weighted by molar-refractivity contribution is -0.215. The number of amides is 1. The van der Waals surface area contributed by atoms with Gasteiger partial charge in [0.25, 0.3) is 0 Å². The number of nitrogens with zero attached hydrogens (tertiary/aromatic N) is 5. The minimum Gasteiger partial charge on any atom is -0.478 e. The summed E-state index contributed by atoms with van der Waals surface area (Å²) in [6, 6.07) is 5.86.